The lowest BCUT2D eigenvalue weighted by molar-refractivity contribution is 0.0764. The van der Waals surface area contributed by atoms with Crippen molar-refractivity contribution in [3.63, 3.8) is 0 Å². The molecule has 0 aliphatic carbocycles. The van der Waals surface area contributed by atoms with Crippen LogP contribution in [0.4, 0.5) is 4.79 Å². The van der Waals surface area contributed by atoms with Gasteiger partial charge in [0.2, 0.25) is 6.29 Å². The Hall–Kier alpha value is -4.17. The smallest absolute Gasteiger partial charge is 0.341 e. The number of aromatic nitrogens is 2. The van der Waals surface area contributed by atoms with Crippen molar-refractivity contribution in [1.29, 1.82) is 0 Å². The molecule has 6 rings (SSSR count). The SMILES string of the molecule is CN1C(=O)N(CCn2cc(C(=O)N3CC[C@@H](O)C3)cn2)C2N=C3C(=C(c4ccco4)N=CN3N)N21. The predicted molar refractivity (Wildman–Crippen MR) is 122 cm³/mol. The van der Waals surface area contributed by atoms with Crippen molar-refractivity contribution in [2.75, 3.05) is 26.7 Å². The minimum Gasteiger partial charge on any atom is -0.463 e. The molecule has 2 fully saturated rings. The molecule has 0 radical (unpaired) electrons. The number of nitrogens with two attached hydrogens (primary N) is 1. The summed E-state index contributed by atoms with van der Waals surface area (Å²) < 4.78 is 7.16. The number of hydrazine groups is 2. The molecule has 35 heavy (non-hydrogen) atoms. The highest BCUT2D eigenvalue weighted by atomic mass is 16.3. The van der Waals surface area contributed by atoms with Crippen molar-refractivity contribution in [2.45, 2.75) is 25.4 Å². The highest BCUT2D eigenvalue weighted by Gasteiger charge is 2.51. The van der Waals surface area contributed by atoms with E-state index in [9.17, 15) is 14.7 Å². The van der Waals surface area contributed by atoms with Crippen molar-refractivity contribution >= 4 is 29.8 Å². The van der Waals surface area contributed by atoms with Gasteiger partial charge in [-0.15, -0.1) is 0 Å². The Kier molecular flexibility index (Phi) is 4.86. The molecule has 2 aromatic rings. The van der Waals surface area contributed by atoms with Crippen molar-refractivity contribution in [3.8, 4) is 0 Å². The van der Waals surface area contributed by atoms with E-state index >= 15 is 0 Å². The fourth-order valence-electron chi connectivity index (χ4n) is 4.69. The molecular formula is C21H24N10O4. The molecule has 6 heterocycles. The molecule has 1 unspecified atom stereocenters. The summed E-state index contributed by atoms with van der Waals surface area (Å²) >= 11 is 0. The maximum Gasteiger partial charge on any atom is 0.341 e. The van der Waals surface area contributed by atoms with Gasteiger partial charge in [0.05, 0.1) is 30.7 Å². The number of rotatable bonds is 5. The summed E-state index contributed by atoms with van der Waals surface area (Å²) in [7, 11) is 1.66. The number of fused-ring (bicyclic) bond motifs is 3. The van der Waals surface area contributed by atoms with E-state index in [0.717, 1.165) is 0 Å². The van der Waals surface area contributed by atoms with Gasteiger partial charge in [0, 0.05) is 32.9 Å². The molecule has 0 saturated carbocycles. The molecule has 182 valence electrons. The van der Waals surface area contributed by atoms with E-state index in [0.29, 0.717) is 61.2 Å². The third-order valence-corrected chi connectivity index (χ3v) is 6.46. The van der Waals surface area contributed by atoms with E-state index in [1.165, 1.54) is 22.6 Å². The number of furan rings is 1. The van der Waals surface area contributed by atoms with Crippen LogP contribution in [-0.4, -0.2) is 103 Å². The Morgan fingerprint density at radius 2 is 2.20 bits per heavy atom. The van der Waals surface area contributed by atoms with Crippen LogP contribution in [0.5, 0.6) is 0 Å². The van der Waals surface area contributed by atoms with E-state index in [1.54, 1.807) is 51.1 Å². The van der Waals surface area contributed by atoms with Crippen LogP contribution in [0, 0.1) is 0 Å². The number of carbonyl (C=O) groups is 2. The molecule has 3 amide bonds. The van der Waals surface area contributed by atoms with Gasteiger partial charge >= 0.3 is 6.03 Å². The van der Waals surface area contributed by atoms with E-state index in [-0.39, 0.29) is 11.9 Å². The van der Waals surface area contributed by atoms with Crippen molar-refractivity contribution in [3.05, 3.63) is 47.8 Å². The van der Waals surface area contributed by atoms with Gasteiger partial charge in [0.1, 0.15) is 17.7 Å². The van der Waals surface area contributed by atoms with Crippen molar-refractivity contribution in [1.82, 2.24) is 34.6 Å². The number of hydrogen-bond acceptors (Lipinski definition) is 10. The van der Waals surface area contributed by atoms with Crippen LogP contribution in [0.2, 0.25) is 0 Å². The summed E-state index contributed by atoms with van der Waals surface area (Å²) in [6.45, 7) is 1.51. The molecule has 2 aromatic heterocycles. The lowest BCUT2D eigenvalue weighted by atomic mass is 10.2. The number of urea groups is 1. The average Bonchev–Trinajstić information content (AvgIpc) is 3.66. The number of aliphatic hydroxyl groups is 1. The van der Waals surface area contributed by atoms with Crippen LogP contribution in [-0.2, 0) is 6.54 Å². The van der Waals surface area contributed by atoms with Crippen LogP contribution < -0.4 is 5.84 Å². The van der Waals surface area contributed by atoms with Gasteiger partial charge in [-0.25, -0.2) is 35.6 Å². The second kappa shape index (κ2) is 7.95. The molecule has 14 nitrogen and oxygen atoms in total. The summed E-state index contributed by atoms with van der Waals surface area (Å²) in [4.78, 5) is 38.1. The second-order valence-electron chi connectivity index (χ2n) is 8.66. The maximum atomic E-state index is 13.1. The molecular weight excluding hydrogens is 456 g/mol. The van der Waals surface area contributed by atoms with Gasteiger partial charge in [-0.05, 0) is 18.6 Å². The topological polar surface area (TPSA) is 152 Å². The number of β-amino-alcohol motifs (C(OH)–C–C–N with tert-alkyl or cyclic N) is 1. The van der Waals surface area contributed by atoms with Crippen LogP contribution in [0.15, 0.2) is 50.9 Å². The Bertz CT molecular complexity index is 1260. The number of amides is 3. The lowest BCUT2D eigenvalue weighted by Gasteiger charge is -2.28. The van der Waals surface area contributed by atoms with Gasteiger partial charge in [0.15, 0.2) is 11.6 Å². The van der Waals surface area contributed by atoms with Gasteiger partial charge < -0.3 is 14.4 Å². The third-order valence-electron chi connectivity index (χ3n) is 6.46. The van der Waals surface area contributed by atoms with Crippen molar-refractivity contribution in [2.24, 2.45) is 15.8 Å². The van der Waals surface area contributed by atoms with Gasteiger partial charge in [0.25, 0.3) is 5.91 Å². The first-order valence-corrected chi connectivity index (χ1v) is 11.2. The zero-order chi connectivity index (χ0) is 24.3. The van der Waals surface area contributed by atoms with E-state index in [2.05, 4.69) is 10.1 Å². The molecule has 2 atom stereocenters. The monoisotopic (exact) mass is 480 g/mol. The fraction of sp³-hybridized carbons (Fsp3) is 0.381. The lowest BCUT2D eigenvalue weighted by Crippen LogP contribution is -2.44. The van der Waals surface area contributed by atoms with Gasteiger partial charge in [-0.1, -0.05) is 0 Å². The van der Waals surface area contributed by atoms with Gasteiger partial charge in [-0.2, -0.15) is 5.10 Å². The Balaban J connectivity index is 1.21. The standard InChI is InChI=1S/C21H24N10O4/c1-26-21(34)29(7-6-28-10-13(9-24-28)19(33)27-5-4-14(32)11-27)20-25-18-17(31(20)26)16(23-12-30(18)22)15-3-2-8-35-15/h2-3,8-10,12,14,20,32H,4-7,11,22H2,1H3/t14-,20?/m1/s1. The van der Waals surface area contributed by atoms with Crippen molar-refractivity contribution < 1.29 is 19.1 Å². The number of nitrogens with zero attached hydrogens (tertiary/aromatic N) is 9. The minimum atomic E-state index is -0.641. The van der Waals surface area contributed by atoms with Crippen LogP contribution in [0.1, 0.15) is 22.5 Å². The molecule has 4 aliphatic rings. The van der Waals surface area contributed by atoms with E-state index in [1.807, 2.05) is 0 Å². The molecule has 0 aromatic carbocycles. The molecule has 0 bridgehead atoms. The zero-order valence-corrected chi connectivity index (χ0v) is 18.9. The summed E-state index contributed by atoms with van der Waals surface area (Å²) in [6, 6.07) is 3.30. The number of likely N-dealkylation sites (tertiary alicyclic amines) is 1. The number of aliphatic hydroxyl groups excluding tert-OH is 1. The number of carbonyl (C=O) groups excluding carboxylic acids is 2. The predicted octanol–water partition coefficient (Wildman–Crippen LogP) is -0.451. The molecule has 4 aliphatic heterocycles. The first-order chi connectivity index (χ1) is 16.9. The number of hydrogen-bond donors (Lipinski definition) is 2. The zero-order valence-electron chi connectivity index (χ0n) is 18.9. The van der Waals surface area contributed by atoms with Crippen LogP contribution in [0.25, 0.3) is 5.70 Å². The second-order valence-corrected chi connectivity index (χ2v) is 8.66. The van der Waals surface area contributed by atoms with E-state index < -0.39 is 12.4 Å². The summed E-state index contributed by atoms with van der Waals surface area (Å²) in [5, 5.41) is 18.5. The highest BCUT2D eigenvalue weighted by Crippen LogP contribution is 2.38. The number of aliphatic imine (C=N–C) groups is 2. The van der Waals surface area contributed by atoms with E-state index in [4.69, 9.17) is 15.3 Å². The Labute approximate surface area is 199 Å². The number of amidine groups is 1. The van der Waals surface area contributed by atoms with Gasteiger partial charge in [-0.3, -0.25) is 14.4 Å². The first-order valence-electron chi connectivity index (χ1n) is 11.2. The van der Waals surface area contributed by atoms with Crippen LogP contribution >= 0.6 is 0 Å². The van der Waals surface area contributed by atoms with Crippen LogP contribution in [0.3, 0.4) is 0 Å². The molecule has 3 N–H and O–H groups in total. The third kappa shape index (κ3) is 3.37. The highest BCUT2D eigenvalue weighted by molar-refractivity contribution is 6.12. The minimum absolute atomic E-state index is 0.164. The summed E-state index contributed by atoms with van der Waals surface area (Å²) in [6.07, 6.45) is 5.62. The first kappa shape index (κ1) is 21.4. The summed E-state index contributed by atoms with van der Waals surface area (Å²) in [5.74, 6) is 6.94. The average molecular weight is 480 g/mol. The Morgan fingerprint density at radius 3 is 2.94 bits per heavy atom. The Morgan fingerprint density at radius 1 is 1.34 bits per heavy atom. The molecule has 0 spiro atoms. The molecule has 2 saturated heterocycles. The fourth-order valence-corrected chi connectivity index (χ4v) is 4.69. The summed E-state index contributed by atoms with van der Waals surface area (Å²) in [5.41, 5.74) is 1.55. The maximum absolute atomic E-state index is 13.1. The normalized spacial score (nSPS) is 23.6. The largest absolute Gasteiger partial charge is 0.463 e. The molecule has 14 heteroatoms. The quantitative estimate of drug-likeness (QED) is 0.546.